The van der Waals surface area contributed by atoms with Gasteiger partial charge in [-0.2, -0.15) is 5.10 Å². The van der Waals surface area contributed by atoms with E-state index in [4.69, 9.17) is 11.6 Å². The number of ketones is 1. The molecule has 2 N–H and O–H groups in total. The van der Waals surface area contributed by atoms with Gasteiger partial charge in [0.05, 0.1) is 5.92 Å². The summed E-state index contributed by atoms with van der Waals surface area (Å²) in [5.41, 5.74) is 5.69. The number of nitrogens with one attached hydrogen (secondary N) is 2. The molecule has 1 aliphatic heterocycles. The highest BCUT2D eigenvalue weighted by Gasteiger charge is 2.45. The summed E-state index contributed by atoms with van der Waals surface area (Å²) < 4.78 is 0. The van der Waals surface area contributed by atoms with Crippen LogP contribution in [-0.4, -0.2) is 22.5 Å². The summed E-state index contributed by atoms with van der Waals surface area (Å²) in [7, 11) is 0. The van der Waals surface area contributed by atoms with Gasteiger partial charge in [0.15, 0.2) is 5.78 Å². The van der Waals surface area contributed by atoms with Gasteiger partial charge < -0.3 is 4.98 Å². The first-order chi connectivity index (χ1) is 12.6. The van der Waals surface area contributed by atoms with Gasteiger partial charge in [0.1, 0.15) is 5.54 Å². The summed E-state index contributed by atoms with van der Waals surface area (Å²) in [6, 6.07) is 17.4. The SMILES string of the molecule is CC1(C(=O)c2c[nH]cc2-c2ccc(Cl)cc2)NN=CC1c1ccccc1. The molecule has 1 aliphatic rings. The number of halogens is 1. The van der Waals surface area contributed by atoms with Gasteiger partial charge in [0.2, 0.25) is 0 Å². The van der Waals surface area contributed by atoms with Crippen molar-refractivity contribution in [2.24, 2.45) is 5.10 Å². The molecular formula is C21H18ClN3O. The van der Waals surface area contributed by atoms with Crippen molar-refractivity contribution in [1.82, 2.24) is 10.4 Å². The third-order valence-corrected chi connectivity index (χ3v) is 5.17. The average Bonchev–Trinajstić information content (AvgIpc) is 3.30. The van der Waals surface area contributed by atoms with Crippen LogP contribution in [0.3, 0.4) is 0 Å². The Bertz CT molecular complexity index is 962. The fraction of sp³-hybridized carbons (Fsp3) is 0.143. The number of Topliss-reactive ketones (excluding diaryl/α,β-unsaturated/α-hetero) is 1. The van der Waals surface area contributed by atoms with Crippen LogP contribution in [0.1, 0.15) is 28.8 Å². The van der Waals surface area contributed by atoms with Gasteiger partial charge in [0.25, 0.3) is 0 Å². The van der Waals surface area contributed by atoms with Crippen LogP contribution in [0, 0.1) is 0 Å². The fourth-order valence-electron chi connectivity index (χ4n) is 3.44. The zero-order valence-corrected chi connectivity index (χ0v) is 15.0. The van der Waals surface area contributed by atoms with E-state index >= 15 is 0 Å². The summed E-state index contributed by atoms with van der Waals surface area (Å²) >= 11 is 5.99. The standard InChI is InChI=1S/C21H18ClN3O/c1-21(19(13-24-25-21)15-5-3-2-4-6-15)20(26)18-12-23-11-17(18)14-7-9-16(22)10-8-14/h2-13,19,23,25H,1H3. The minimum absolute atomic E-state index is 0.00458. The van der Waals surface area contributed by atoms with Crippen LogP contribution in [0.25, 0.3) is 11.1 Å². The summed E-state index contributed by atoms with van der Waals surface area (Å²) in [6.07, 6.45) is 5.40. The zero-order valence-electron chi connectivity index (χ0n) is 14.2. The first-order valence-corrected chi connectivity index (χ1v) is 8.80. The Morgan fingerprint density at radius 3 is 2.54 bits per heavy atom. The highest BCUT2D eigenvalue weighted by atomic mass is 35.5. The van der Waals surface area contributed by atoms with Gasteiger partial charge in [-0.05, 0) is 30.2 Å². The van der Waals surface area contributed by atoms with Crippen molar-refractivity contribution in [3.8, 4) is 11.1 Å². The Kier molecular flexibility index (Phi) is 4.13. The zero-order chi connectivity index (χ0) is 18.1. The molecular weight excluding hydrogens is 346 g/mol. The van der Waals surface area contributed by atoms with Crippen molar-refractivity contribution in [2.75, 3.05) is 0 Å². The second-order valence-electron chi connectivity index (χ2n) is 6.60. The molecule has 0 aliphatic carbocycles. The summed E-state index contributed by atoms with van der Waals surface area (Å²) in [5.74, 6) is -0.140. The molecule has 2 atom stereocenters. The van der Waals surface area contributed by atoms with Gasteiger partial charge in [0, 0.05) is 34.8 Å². The van der Waals surface area contributed by atoms with Crippen LogP contribution in [0.15, 0.2) is 72.1 Å². The minimum Gasteiger partial charge on any atom is -0.366 e. The number of aromatic amines is 1. The topological polar surface area (TPSA) is 57.2 Å². The van der Waals surface area contributed by atoms with Gasteiger partial charge in [-0.3, -0.25) is 10.2 Å². The van der Waals surface area contributed by atoms with Crippen LogP contribution < -0.4 is 5.43 Å². The van der Waals surface area contributed by atoms with Gasteiger partial charge >= 0.3 is 0 Å². The molecule has 4 rings (SSSR count). The van der Waals surface area contributed by atoms with E-state index in [1.54, 1.807) is 6.20 Å². The van der Waals surface area contributed by atoms with E-state index in [-0.39, 0.29) is 11.7 Å². The Labute approximate surface area is 156 Å². The van der Waals surface area contributed by atoms with E-state index in [0.29, 0.717) is 10.6 Å². The Morgan fingerprint density at radius 2 is 1.81 bits per heavy atom. The van der Waals surface area contributed by atoms with E-state index in [9.17, 15) is 4.79 Å². The average molecular weight is 364 g/mol. The Hall–Kier alpha value is -2.85. The van der Waals surface area contributed by atoms with E-state index in [1.807, 2.05) is 73.9 Å². The lowest BCUT2D eigenvalue weighted by Gasteiger charge is -2.29. The lowest BCUT2D eigenvalue weighted by atomic mass is 9.77. The largest absolute Gasteiger partial charge is 0.366 e. The molecule has 0 radical (unpaired) electrons. The second kappa shape index (κ2) is 6.46. The maximum Gasteiger partial charge on any atom is 0.192 e. The van der Waals surface area contributed by atoms with E-state index in [1.165, 1.54) is 0 Å². The third-order valence-electron chi connectivity index (χ3n) is 4.92. The molecule has 0 spiro atoms. The highest BCUT2D eigenvalue weighted by molar-refractivity contribution is 6.30. The van der Waals surface area contributed by atoms with Crippen molar-refractivity contribution >= 4 is 23.6 Å². The maximum atomic E-state index is 13.5. The lowest BCUT2D eigenvalue weighted by Crippen LogP contribution is -2.48. The number of rotatable bonds is 4. The van der Waals surface area contributed by atoms with Crippen LogP contribution in [0.5, 0.6) is 0 Å². The molecule has 0 saturated carbocycles. The molecule has 2 aromatic carbocycles. The number of hydrogen-bond acceptors (Lipinski definition) is 3. The van der Waals surface area contributed by atoms with Crippen molar-refractivity contribution in [1.29, 1.82) is 0 Å². The van der Waals surface area contributed by atoms with E-state index in [0.717, 1.165) is 16.7 Å². The van der Waals surface area contributed by atoms with Crippen molar-refractivity contribution in [2.45, 2.75) is 18.4 Å². The lowest BCUT2D eigenvalue weighted by molar-refractivity contribution is 0.0870. The highest BCUT2D eigenvalue weighted by Crippen LogP contribution is 2.36. The van der Waals surface area contributed by atoms with Crippen molar-refractivity contribution < 1.29 is 4.79 Å². The quantitative estimate of drug-likeness (QED) is 0.663. The summed E-state index contributed by atoms with van der Waals surface area (Å²) in [5, 5.41) is 4.88. The molecule has 2 heterocycles. The molecule has 5 heteroatoms. The molecule has 0 fully saturated rings. The number of aromatic nitrogens is 1. The maximum absolute atomic E-state index is 13.5. The van der Waals surface area contributed by atoms with Gasteiger partial charge in [-0.1, -0.05) is 54.1 Å². The first-order valence-electron chi connectivity index (χ1n) is 8.42. The van der Waals surface area contributed by atoms with E-state index < -0.39 is 5.54 Å². The molecule has 0 bridgehead atoms. The van der Waals surface area contributed by atoms with E-state index in [2.05, 4.69) is 15.5 Å². The predicted octanol–water partition coefficient (Wildman–Crippen LogP) is 4.65. The number of carbonyl (C=O) groups excluding carboxylic acids is 1. The molecule has 26 heavy (non-hydrogen) atoms. The molecule has 2 unspecified atom stereocenters. The monoisotopic (exact) mass is 363 g/mol. The number of hydrazone groups is 1. The summed E-state index contributed by atoms with van der Waals surface area (Å²) in [6.45, 7) is 1.90. The number of H-pyrrole nitrogens is 1. The molecule has 4 nitrogen and oxygen atoms in total. The Morgan fingerprint density at radius 1 is 1.08 bits per heavy atom. The molecule has 0 amide bonds. The fourth-order valence-corrected chi connectivity index (χ4v) is 3.56. The third kappa shape index (κ3) is 2.72. The molecule has 1 aromatic heterocycles. The second-order valence-corrected chi connectivity index (χ2v) is 7.04. The van der Waals surface area contributed by atoms with Gasteiger partial charge in [-0.25, -0.2) is 0 Å². The number of hydrogen-bond donors (Lipinski definition) is 2. The molecule has 130 valence electrons. The number of benzene rings is 2. The van der Waals surface area contributed by atoms with Crippen molar-refractivity contribution in [3.63, 3.8) is 0 Å². The molecule has 3 aromatic rings. The normalized spacial score (nSPS) is 21.5. The van der Waals surface area contributed by atoms with Crippen LogP contribution >= 0.6 is 11.6 Å². The van der Waals surface area contributed by atoms with Gasteiger partial charge in [-0.15, -0.1) is 0 Å². The number of carbonyl (C=O) groups is 1. The number of nitrogens with zero attached hydrogens (tertiary/aromatic N) is 1. The minimum atomic E-state index is -0.843. The predicted molar refractivity (Wildman–Crippen MR) is 105 cm³/mol. The first kappa shape index (κ1) is 16.6. The smallest absolute Gasteiger partial charge is 0.192 e. The van der Waals surface area contributed by atoms with Crippen molar-refractivity contribution in [3.05, 3.63) is 83.1 Å². The molecule has 0 saturated heterocycles. The Balaban J connectivity index is 1.72. The van der Waals surface area contributed by atoms with Crippen LogP contribution in [0.4, 0.5) is 0 Å². The van der Waals surface area contributed by atoms with Crippen LogP contribution in [-0.2, 0) is 0 Å². The van der Waals surface area contributed by atoms with Crippen LogP contribution in [0.2, 0.25) is 5.02 Å². The summed E-state index contributed by atoms with van der Waals surface area (Å²) in [4.78, 5) is 16.6.